The number of amides is 2. The molecule has 2 amide bonds. The number of hydrogen-bond donors (Lipinski definition) is 1. The van der Waals surface area contributed by atoms with E-state index in [0.29, 0.717) is 24.6 Å². The normalized spacial score (nSPS) is 11.6. The third kappa shape index (κ3) is 5.72. The van der Waals surface area contributed by atoms with Gasteiger partial charge in [-0.1, -0.05) is 24.3 Å². The highest BCUT2D eigenvalue weighted by Crippen LogP contribution is 2.16. The van der Waals surface area contributed by atoms with Gasteiger partial charge in [-0.3, -0.25) is 9.59 Å². The molecule has 2 aromatic heterocycles. The molecule has 0 saturated carbocycles. The van der Waals surface area contributed by atoms with Crippen molar-refractivity contribution < 1.29 is 18.7 Å². The fraction of sp³-hybridized carbons (Fsp3) is 0.238. The summed E-state index contributed by atoms with van der Waals surface area (Å²) < 4.78 is 10.8. The summed E-state index contributed by atoms with van der Waals surface area (Å²) in [5, 5.41) is 4.68. The predicted molar refractivity (Wildman–Crippen MR) is 107 cm³/mol. The van der Waals surface area contributed by atoms with Crippen LogP contribution in [0.5, 0.6) is 5.75 Å². The van der Waals surface area contributed by atoms with Crippen molar-refractivity contribution in [2.24, 2.45) is 0 Å². The molecule has 1 N–H and O–H groups in total. The van der Waals surface area contributed by atoms with Crippen LogP contribution in [0.25, 0.3) is 0 Å². The molecule has 0 aliphatic carbocycles. The number of carbonyl (C=O) groups is 2. The molecule has 0 saturated heterocycles. The van der Waals surface area contributed by atoms with Gasteiger partial charge in [-0.05, 0) is 42.6 Å². The van der Waals surface area contributed by atoms with Crippen molar-refractivity contribution in [1.29, 1.82) is 0 Å². The lowest BCUT2D eigenvalue weighted by Crippen LogP contribution is -2.47. The van der Waals surface area contributed by atoms with Crippen LogP contribution in [0.2, 0.25) is 0 Å². The minimum atomic E-state index is -0.679. The Balaban J connectivity index is 1.57. The van der Waals surface area contributed by atoms with E-state index < -0.39 is 6.04 Å². The molecule has 7 heteroatoms. The quantitative estimate of drug-likeness (QED) is 0.599. The summed E-state index contributed by atoms with van der Waals surface area (Å²) in [5.41, 5.74) is 0. The lowest BCUT2D eigenvalue weighted by atomic mass is 10.2. The molecule has 3 rings (SSSR count). The maximum absolute atomic E-state index is 12.9. The molecule has 2 heterocycles. The Morgan fingerprint density at radius 3 is 2.61 bits per heavy atom. The molecule has 1 atom stereocenters. The van der Waals surface area contributed by atoms with Gasteiger partial charge in [0.2, 0.25) is 5.91 Å². The van der Waals surface area contributed by atoms with Crippen LogP contribution in [-0.2, 0) is 22.7 Å². The van der Waals surface area contributed by atoms with Gasteiger partial charge < -0.3 is 19.4 Å². The van der Waals surface area contributed by atoms with Crippen LogP contribution in [0, 0.1) is 0 Å². The van der Waals surface area contributed by atoms with Crippen molar-refractivity contribution in [1.82, 2.24) is 10.2 Å². The Hall–Kier alpha value is -3.06. The fourth-order valence-electron chi connectivity index (χ4n) is 2.68. The van der Waals surface area contributed by atoms with Crippen LogP contribution >= 0.6 is 11.3 Å². The Bertz CT molecular complexity index is 827. The average molecular weight is 398 g/mol. The van der Waals surface area contributed by atoms with E-state index in [1.54, 1.807) is 47.6 Å². The van der Waals surface area contributed by atoms with E-state index >= 15 is 0 Å². The highest BCUT2D eigenvalue weighted by Gasteiger charge is 2.23. The number of benzene rings is 1. The number of thiophene rings is 1. The first kappa shape index (κ1) is 19.7. The van der Waals surface area contributed by atoms with E-state index in [9.17, 15) is 9.59 Å². The summed E-state index contributed by atoms with van der Waals surface area (Å²) in [7, 11) is 0. The third-order valence-corrected chi connectivity index (χ3v) is 4.89. The van der Waals surface area contributed by atoms with E-state index in [0.717, 1.165) is 4.88 Å². The van der Waals surface area contributed by atoms with Crippen molar-refractivity contribution in [3.8, 4) is 5.75 Å². The first-order valence-electron chi connectivity index (χ1n) is 8.92. The van der Waals surface area contributed by atoms with Crippen molar-refractivity contribution >= 4 is 23.2 Å². The number of nitrogens with zero attached hydrogens (tertiary/aromatic N) is 1. The van der Waals surface area contributed by atoms with Gasteiger partial charge in [0.15, 0.2) is 6.61 Å². The summed E-state index contributed by atoms with van der Waals surface area (Å²) in [6.45, 7) is 2.32. The summed E-state index contributed by atoms with van der Waals surface area (Å²) in [6, 6.07) is 15.9. The van der Waals surface area contributed by atoms with Gasteiger partial charge in [0.25, 0.3) is 5.91 Å². The predicted octanol–water partition coefficient (Wildman–Crippen LogP) is 3.45. The van der Waals surface area contributed by atoms with Gasteiger partial charge in [-0.15, -0.1) is 11.3 Å². The molecule has 28 heavy (non-hydrogen) atoms. The lowest BCUT2D eigenvalue weighted by Gasteiger charge is -2.25. The van der Waals surface area contributed by atoms with E-state index in [2.05, 4.69) is 5.32 Å². The molecule has 0 spiro atoms. The summed E-state index contributed by atoms with van der Waals surface area (Å²) >= 11 is 1.58. The second-order valence-corrected chi connectivity index (χ2v) is 7.28. The number of para-hydroxylation sites is 1. The van der Waals surface area contributed by atoms with Crippen LogP contribution in [0.15, 0.2) is 70.7 Å². The molecular formula is C21H22N2O4S. The van der Waals surface area contributed by atoms with Crippen LogP contribution in [0.3, 0.4) is 0 Å². The summed E-state index contributed by atoms with van der Waals surface area (Å²) in [4.78, 5) is 27.8. The van der Waals surface area contributed by atoms with Crippen molar-refractivity contribution in [2.75, 3.05) is 6.61 Å². The molecule has 0 unspecified atom stereocenters. The smallest absolute Gasteiger partial charge is 0.258 e. The zero-order chi connectivity index (χ0) is 19.8. The van der Waals surface area contributed by atoms with Crippen LogP contribution in [-0.4, -0.2) is 29.4 Å². The van der Waals surface area contributed by atoms with Gasteiger partial charge in [-0.2, -0.15) is 0 Å². The molecular weight excluding hydrogens is 376 g/mol. The van der Waals surface area contributed by atoms with Gasteiger partial charge in [-0.25, -0.2) is 0 Å². The van der Waals surface area contributed by atoms with Gasteiger partial charge in [0, 0.05) is 4.88 Å². The molecule has 1 aromatic carbocycles. The fourth-order valence-corrected chi connectivity index (χ4v) is 3.40. The molecule has 0 radical (unpaired) electrons. The second kappa shape index (κ2) is 9.75. The van der Waals surface area contributed by atoms with Crippen LogP contribution < -0.4 is 10.1 Å². The van der Waals surface area contributed by atoms with Gasteiger partial charge in [0.05, 0.1) is 19.4 Å². The van der Waals surface area contributed by atoms with E-state index in [-0.39, 0.29) is 18.4 Å². The van der Waals surface area contributed by atoms with Crippen molar-refractivity contribution in [3.63, 3.8) is 0 Å². The first-order chi connectivity index (χ1) is 13.6. The standard InChI is InChI=1S/C21H22N2O4S/c1-16(22-20(24)15-27-17-7-3-2-4-8-17)21(25)23(13-18-9-5-11-26-18)14-19-10-6-12-28-19/h2-12,16H,13-15H2,1H3,(H,22,24)/t16-/m1/s1. The Morgan fingerprint density at radius 2 is 1.93 bits per heavy atom. The van der Waals surface area contributed by atoms with Crippen molar-refractivity contribution in [3.05, 3.63) is 76.9 Å². The summed E-state index contributed by atoms with van der Waals surface area (Å²) in [6.07, 6.45) is 1.58. The number of ether oxygens (including phenoxy) is 1. The third-order valence-electron chi connectivity index (χ3n) is 4.03. The molecule has 3 aromatic rings. The van der Waals surface area contributed by atoms with Gasteiger partial charge in [0.1, 0.15) is 17.6 Å². The molecule has 0 bridgehead atoms. The van der Waals surface area contributed by atoms with Gasteiger partial charge >= 0.3 is 0 Å². The van der Waals surface area contributed by atoms with Crippen LogP contribution in [0.4, 0.5) is 0 Å². The first-order valence-corrected chi connectivity index (χ1v) is 9.80. The minimum Gasteiger partial charge on any atom is -0.484 e. The number of nitrogens with one attached hydrogen (secondary N) is 1. The van der Waals surface area contributed by atoms with Crippen molar-refractivity contribution in [2.45, 2.75) is 26.1 Å². The molecule has 6 nitrogen and oxygen atoms in total. The minimum absolute atomic E-state index is 0.148. The number of carbonyl (C=O) groups excluding carboxylic acids is 2. The number of hydrogen-bond acceptors (Lipinski definition) is 5. The highest BCUT2D eigenvalue weighted by atomic mass is 32.1. The topological polar surface area (TPSA) is 71.8 Å². The highest BCUT2D eigenvalue weighted by molar-refractivity contribution is 7.09. The largest absolute Gasteiger partial charge is 0.484 e. The lowest BCUT2D eigenvalue weighted by molar-refractivity contribution is -0.137. The molecule has 0 fully saturated rings. The SMILES string of the molecule is C[C@@H](NC(=O)COc1ccccc1)C(=O)N(Cc1ccco1)Cc1cccs1. The zero-order valence-corrected chi connectivity index (χ0v) is 16.4. The molecule has 0 aliphatic rings. The second-order valence-electron chi connectivity index (χ2n) is 6.24. The van der Waals surface area contributed by atoms with E-state index in [1.807, 2.05) is 41.8 Å². The Kier molecular flexibility index (Phi) is 6.86. The van der Waals surface area contributed by atoms with Crippen LogP contribution in [0.1, 0.15) is 17.6 Å². The zero-order valence-electron chi connectivity index (χ0n) is 15.5. The average Bonchev–Trinajstić information content (AvgIpc) is 3.40. The number of furan rings is 1. The maximum atomic E-state index is 12.9. The Morgan fingerprint density at radius 1 is 1.11 bits per heavy atom. The molecule has 0 aliphatic heterocycles. The number of rotatable bonds is 9. The molecule has 146 valence electrons. The van der Waals surface area contributed by atoms with E-state index in [1.165, 1.54) is 0 Å². The Labute approximate surface area is 167 Å². The monoisotopic (exact) mass is 398 g/mol. The summed E-state index contributed by atoms with van der Waals surface area (Å²) in [5.74, 6) is 0.765. The maximum Gasteiger partial charge on any atom is 0.258 e. The van der Waals surface area contributed by atoms with E-state index in [4.69, 9.17) is 9.15 Å².